The molecule has 8 heteroatoms. The maximum atomic E-state index is 11.8. The molecule has 0 aliphatic heterocycles. The molecule has 0 radical (unpaired) electrons. The third kappa shape index (κ3) is 8.80. The van der Waals surface area contributed by atoms with Crippen LogP contribution in [0.1, 0.15) is 24.0 Å². The second kappa shape index (κ2) is 12.7. The van der Waals surface area contributed by atoms with E-state index in [0.29, 0.717) is 44.3 Å². The third-order valence-electron chi connectivity index (χ3n) is 3.96. The topological polar surface area (TPSA) is 58.2 Å². The van der Waals surface area contributed by atoms with E-state index in [9.17, 15) is 9.59 Å². The number of carbonyl (C=O) groups excluding carboxylic acids is 2. The zero-order valence-electron chi connectivity index (χ0n) is 15.9. The first kappa shape index (κ1) is 24.3. The van der Waals surface area contributed by atoms with Crippen LogP contribution < -0.4 is 10.6 Å². The van der Waals surface area contributed by atoms with Crippen LogP contribution in [0.2, 0.25) is 20.1 Å². The largest absolute Gasteiger partial charge is 0.353 e. The fraction of sp³-hybridized carbons (Fsp3) is 0.182. The van der Waals surface area contributed by atoms with Gasteiger partial charge in [-0.3, -0.25) is 9.59 Å². The first-order chi connectivity index (χ1) is 14.3. The minimum Gasteiger partial charge on any atom is -0.353 e. The predicted octanol–water partition coefficient (Wildman–Crippen LogP) is 6.04. The summed E-state index contributed by atoms with van der Waals surface area (Å²) in [6.07, 6.45) is 7.57. The Bertz CT molecular complexity index is 881. The molecule has 158 valence electrons. The van der Waals surface area contributed by atoms with Crippen LogP contribution in [-0.2, 0) is 9.59 Å². The number of hydrogen-bond acceptors (Lipinski definition) is 2. The first-order valence-electron chi connectivity index (χ1n) is 9.17. The van der Waals surface area contributed by atoms with E-state index < -0.39 is 0 Å². The molecule has 0 aliphatic carbocycles. The molecule has 4 nitrogen and oxygen atoms in total. The molecule has 2 N–H and O–H groups in total. The Hall–Kier alpha value is -1.98. The van der Waals surface area contributed by atoms with E-state index in [4.69, 9.17) is 46.4 Å². The number of nitrogens with one attached hydrogen (secondary N) is 2. The van der Waals surface area contributed by atoms with Crippen LogP contribution >= 0.6 is 46.4 Å². The second-order valence-electron chi connectivity index (χ2n) is 6.29. The third-order valence-corrected chi connectivity index (χ3v) is 5.08. The van der Waals surface area contributed by atoms with E-state index >= 15 is 0 Å². The Balaban J connectivity index is 1.62. The lowest BCUT2D eigenvalue weighted by Gasteiger charge is -2.04. The van der Waals surface area contributed by atoms with Gasteiger partial charge in [-0.25, -0.2) is 0 Å². The Labute approximate surface area is 195 Å². The van der Waals surface area contributed by atoms with Crippen LogP contribution in [0.3, 0.4) is 0 Å². The molecule has 0 unspecified atom stereocenters. The van der Waals surface area contributed by atoms with Gasteiger partial charge in [-0.2, -0.15) is 0 Å². The molecule has 0 heterocycles. The number of amides is 2. The van der Waals surface area contributed by atoms with Crippen molar-refractivity contribution in [3.8, 4) is 0 Å². The maximum Gasteiger partial charge on any atom is 0.243 e. The van der Waals surface area contributed by atoms with Crippen molar-refractivity contribution in [3.05, 3.63) is 79.8 Å². The zero-order chi connectivity index (χ0) is 21.9. The number of unbranched alkanes of at least 4 members (excludes halogenated alkanes) is 1. The molecule has 2 aromatic rings. The Morgan fingerprint density at radius 1 is 0.700 bits per heavy atom. The Morgan fingerprint density at radius 3 is 1.47 bits per heavy atom. The van der Waals surface area contributed by atoms with Gasteiger partial charge in [0.2, 0.25) is 11.8 Å². The van der Waals surface area contributed by atoms with Gasteiger partial charge < -0.3 is 10.6 Å². The van der Waals surface area contributed by atoms with Gasteiger partial charge in [0.05, 0.1) is 0 Å². The summed E-state index contributed by atoms with van der Waals surface area (Å²) in [5.74, 6) is -0.430. The first-order valence-corrected chi connectivity index (χ1v) is 10.7. The summed E-state index contributed by atoms with van der Waals surface area (Å²) in [6, 6.07) is 10.1. The molecule has 0 aromatic heterocycles. The normalized spacial score (nSPS) is 11.2. The molecule has 0 fully saturated rings. The fourth-order valence-electron chi connectivity index (χ4n) is 2.40. The fourth-order valence-corrected chi connectivity index (χ4v) is 3.34. The van der Waals surface area contributed by atoms with Crippen LogP contribution in [0.15, 0.2) is 48.6 Å². The van der Waals surface area contributed by atoms with Gasteiger partial charge in [0.15, 0.2) is 0 Å². The molecule has 2 rings (SSSR count). The maximum absolute atomic E-state index is 11.8. The van der Waals surface area contributed by atoms with E-state index in [0.717, 1.165) is 12.8 Å². The number of halogens is 4. The van der Waals surface area contributed by atoms with Crippen molar-refractivity contribution in [1.29, 1.82) is 0 Å². The Morgan fingerprint density at radius 2 is 1.10 bits per heavy atom. The molecular formula is C22H20Cl4N2O2. The van der Waals surface area contributed by atoms with E-state index in [1.165, 1.54) is 12.2 Å². The van der Waals surface area contributed by atoms with Gasteiger partial charge >= 0.3 is 0 Å². The van der Waals surface area contributed by atoms with Gasteiger partial charge in [-0.05, 0) is 60.4 Å². The minimum absolute atomic E-state index is 0.215. The molecule has 2 amide bonds. The highest BCUT2D eigenvalue weighted by atomic mass is 35.5. The van der Waals surface area contributed by atoms with E-state index in [2.05, 4.69) is 10.6 Å². The van der Waals surface area contributed by atoms with Crippen molar-refractivity contribution in [3.63, 3.8) is 0 Å². The van der Waals surface area contributed by atoms with Crippen LogP contribution in [0, 0.1) is 0 Å². The zero-order valence-corrected chi connectivity index (χ0v) is 19.0. The number of hydrogen-bond donors (Lipinski definition) is 2. The van der Waals surface area contributed by atoms with Crippen LogP contribution in [0.5, 0.6) is 0 Å². The van der Waals surface area contributed by atoms with Crippen LogP contribution in [0.4, 0.5) is 0 Å². The highest BCUT2D eigenvalue weighted by molar-refractivity contribution is 6.36. The summed E-state index contributed by atoms with van der Waals surface area (Å²) in [7, 11) is 0. The van der Waals surface area contributed by atoms with E-state index in [-0.39, 0.29) is 11.8 Å². The lowest BCUT2D eigenvalue weighted by atomic mass is 10.2. The molecule has 0 aliphatic rings. The molecule has 0 bridgehead atoms. The monoisotopic (exact) mass is 484 g/mol. The molecule has 0 spiro atoms. The molecule has 0 saturated carbocycles. The highest BCUT2D eigenvalue weighted by Gasteiger charge is 2.01. The minimum atomic E-state index is -0.215. The van der Waals surface area contributed by atoms with Gasteiger partial charge in [0, 0.05) is 45.3 Å². The summed E-state index contributed by atoms with van der Waals surface area (Å²) < 4.78 is 0. The van der Waals surface area contributed by atoms with Crippen LogP contribution in [-0.4, -0.2) is 24.9 Å². The van der Waals surface area contributed by atoms with Gasteiger partial charge in [0.1, 0.15) is 0 Å². The molecule has 0 atom stereocenters. The molecular weight excluding hydrogens is 466 g/mol. The average Bonchev–Trinajstić information content (AvgIpc) is 2.69. The quantitative estimate of drug-likeness (QED) is 0.336. The smallest absolute Gasteiger partial charge is 0.243 e. The number of benzene rings is 2. The summed E-state index contributed by atoms with van der Waals surface area (Å²) in [6.45, 7) is 1.01. The molecule has 0 saturated heterocycles. The predicted molar refractivity (Wildman–Crippen MR) is 126 cm³/mol. The van der Waals surface area contributed by atoms with Crippen molar-refractivity contribution in [1.82, 2.24) is 10.6 Å². The van der Waals surface area contributed by atoms with Gasteiger partial charge in [0.25, 0.3) is 0 Å². The number of carbonyl (C=O) groups is 2. The SMILES string of the molecule is O=C(C=Cc1ccc(Cl)cc1Cl)NCCCCNC(=O)C=Cc1ccc(Cl)cc1Cl. The van der Waals surface area contributed by atoms with Crippen molar-refractivity contribution in [2.45, 2.75) is 12.8 Å². The van der Waals surface area contributed by atoms with Crippen molar-refractivity contribution in [2.75, 3.05) is 13.1 Å². The summed E-state index contributed by atoms with van der Waals surface area (Å²) in [5.41, 5.74) is 1.43. The Kier molecular flexibility index (Phi) is 10.2. The van der Waals surface area contributed by atoms with Gasteiger partial charge in [-0.15, -0.1) is 0 Å². The van der Waals surface area contributed by atoms with Crippen molar-refractivity contribution < 1.29 is 9.59 Å². The summed E-state index contributed by atoms with van der Waals surface area (Å²) in [4.78, 5) is 23.7. The number of rotatable bonds is 9. The highest BCUT2D eigenvalue weighted by Crippen LogP contribution is 2.22. The second-order valence-corrected chi connectivity index (χ2v) is 7.97. The lowest BCUT2D eigenvalue weighted by Crippen LogP contribution is -2.25. The summed E-state index contributed by atoms with van der Waals surface area (Å²) in [5, 5.41) is 7.61. The van der Waals surface area contributed by atoms with E-state index in [1.54, 1.807) is 48.6 Å². The van der Waals surface area contributed by atoms with Crippen molar-refractivity contribution >= 4 is 70.4 Å². The standard InChI is InChI=1S/C22H20Cl4N2O2/c23-17-7-3-15(19(25)13-17)5-9-21(29)27-11-1-2-12-28-22(30)10-6-16-4-8-18(24)14-20(16)26/h3-10,13-14H,1-2,11-12H2,(H,27,29)(H,28,30). The van der Waals surface area contributed by atoms with Crippen molar-refractivity contribution in [2.24, 2.45) is 0 Å². The molecule has 30 heavy (non-hydrogen) atoms. The molecule has 2 aromatic carbocycles. The van der Waals surface area contributed by atoms with Gasteiger partial charge in [-0.1, -0.05) is 58.5 Å². The van der Waals surface area contributed by atoms with Crippen LogP contribution in [0.25, 0.3) is 12.2 Å². The average molecular weight is 486 g/mol. The lowest BCUT2D eigenvalue weighted by molar-refractivity contribution is -0.117. The van der Waals surface area contributed by atoms with E-state index in [1.807, 2.05) is 0 Å². The summed E-state index contributed by atoms with van der Waals surface area (Å²) >= 11 is 23.8.